The zero-order valence-corrected chi connectivity index (χ0v) is 15.4. The molecule has 0 spiro atoms. The fourth-order valence-electron chi connectivity index (χ4n) is 2.78. The Bertz CT molecular complexity index is 549. The van der Waals surface area contributed by atoms with E-state index in [-0.39, 0.29) is 0 Å². The highest BCUT2D eigenvalue weighted by atomic mass is 35.5. The summed E-state index contributed by atoms with van der Waals surface area (Å²) in [4.78, 5) is 4.52. The van der Waals surface area contributed by atoms with Gasteiger partial charge in [-0.3, -0.25) is 4.99 Å². The Labute approximate surface area is 145 Å². The standard InChI is InChI=1S/C19H28ClNO2/c1-19(2,3)7-6-14-12-21-13-15-10-17(20)18(11-16(14)15)23-9-5-8-22-4/h10-11,13-14H,5-9,12H2,1-4H3. The average Bonchev–Trinajstić information content (AvgIpc) is 2.49. The number of halogens is 1. The molecule has 0 aliphatic carbocycles. The molecule has 1 aromatic carbocycles. The maximum atomic E-state index is 6.35. The molecular weight excluding hydrogens is 310 g/mol. The maximum absolute atomic E-state index is 6.35. The van der Waals surface area contributed by atoms with E-state index >= 15 is 0 Å². The molecule has 0 bridgehead atoms. The molecule has 0 radical (unpaired) electrons. The lowest BCUT2D eigenvalue weighted by atomic mass is 9.82. The molecule has 0 amide bonds. The van der Waals surface area contributed by atoms with Gasteiger partial charge in [0.05, 0.1) is 11.6 Å². The second-order valence-electron chi connectivity index (χ2n) is 7.40. The molecule has 0 N–H and O–H groups in total. The number of nitrogens with zero attached hydrogens (tertiary/aromatic N) is 1. The third-order valence-corrected chi connectivity index (χ3v) is 4.42. The third kappa shape index (κ3) is 5.50. The lowest BCUT2D eigenvalue weighted by Crippen LogP contribution is -2.15. The Hall–Kier alpha value is -1.06. The van der Waals surface area contributed by atoms with Crippen molar-refractivity contribution in [2.75, 3.05) is 26.9 Å². The first-order valence-corrected chi connectivity index (χ1v) is 8.73. The van der Waals surface area contributed by atoms with Crippen LogP contribution >= 0.6 is 11.6 Å². The van der Waals surface area contributed by atoms with E-state index in [1.54, 1.807) is 7.11 Å². The van der Waals surface area contributed by atoms with Gasteiger partial charge in [-0.1, -0.05) is 32.4 Å². The molecular formula is C19H28ClNO2. The van der Waals surface area contributed by atoms with Crippen molar-refractivity contribution >= 4 is 17.8 Å². The van der Waals surface area contributed by atoms with Gasteiger partial charge < -0.3 is 9.47 Å². The van der Waals surface area contributed by atoms with Crippen LogP contribution < -0.4 is 4.74 Å². The zero-order chi connectivity index (χ0) is 16.9. The highest BCUT2D eigenvalue weighted by Crippen LogP contribution is 2.37. The molecule has 1 aromatic rings. The van der Waals surface area contributed by atoms with Crippen LogP contribution in [0.3, 0.4) is 0 Å². The van der Waals surface area contributed by atoms with Crippen molar-refractivity contribution in [1.82, 2.24) is 0 Å². The molecule has 1 aliphatic heterocycles. The van der Waals surface area contributed by atoms with Crippen molar-refractivity contribution in [1.29, 1.82) is 0 Å². The summed E-state index contributed by atoms with van der Waals surface area (Å²) in [6, 6.07) is 4.10. The smallest absolute Gasteiger partial charge is 0.138 e. The quantitative estimate of drug-likeness (QED) is 0.648. The summed E-state index contributed by atoms with van der Waals surface area (Å²) in [6.07, 6.45) is 5.11. The van der Waals surface area contributed by atoms with Gasteiger partial charge in [-0.15, -0.1) is 0 Å². The molecule has 0 fully saturated rings. The van der Waals surface area contributed by atoms with Crippen molar-refractivity contribution in [2.24, 2.45) is 10.4 Å². The van der Waals surface area contributed by atoms with E-state index in [0.29, 0.717) is 29.6 Å². The van der Waals surface area contributed by atoms with Gasteiger partial charge in [-0.05, 0) is 41.5 Å². The van der Waals surface area contributed by atoms with Crippen molar-refractivity contribution in [2.45, 2.75) is 46.0 Å². The number of ether oxygens (including phenoxy) is 2. The van der Waals surface area contributed by atoms with Crippen LogP contribution in [0, 0.1) is 5.41 Å². The van der Waals surface area contributed by atoms with Crippen LogP contribution in [-0.2, 0) is 4.74 Å². The Morgan fingerprint density at radius 2 is 2.04 bits per heavy atom. The number of methoxy groups -OCH3 is 1. The van der Waals surface area contributed by atoms with Crippen molar-refractivity contribution < 1.29 is 9.47 Å². The predicted octanol–water partition coefficient (Wildman–Crippen LogP) is 5.10. The van der Waals surface area contributed by atoms with Crippen LogP contribution in [0.4, 0.5) is 0 Å². The number of benzene rings is 1. The summed E-state index contributed by atoms with van der Waals surface area (Å²) in [5.41, 5.74) is 2.78. The van der Waals surface area contributed by atoms with Gasteiger partial charge in [0.25, 0.3) is 0 Å². The molecule has 23 heavy (non-hydrogen) atoms. The largest absolute Gasteiger partial charge is 0.492 e. The molecule has 1 aliphatic rings. The van der Waals surface area contributed by atoms with Crippen LogP contribution in [0.5, 0.6) is 5.75 Å². The van der Waals surface area contributed by atoms with E-state index in [0.717, 1.165) is 30.7 Å². The topological polar surface area (TPSA) is 30.8 Å². The van der Waals surface area contributed by atoms with E-state index < -0.39 is 0 Å². The molecule has 2 rings (SSSR count). The minimum Gasteiger partial charge on any atom is -0.492 e. The van der Waals surface area contributed by atoms with E-state index in [4.69, 9.17) is 21.1 Å². The van der Waals surface area contributed by atoms with Crippen LogP contribution in [0.25, 0.3) is 0 Å². The normalized spacial score (nSPS) is 17.2. The van der Waals surface area contributed by atoms with Crippen molar-refractivity contribution in [3.8, 4) is 5.75 Å². The number of rotatable bonds is 7. The number of fused-ring (bicyclic) bond motifs is 1. The Morgan fingerprint density at radius 1 is 1.26 bits per heavy atom. The van der Waals surface area contributed by atoms with Gasteiger partial charge in [-0.25, -0.2) is 0 Å². The van der Waals surface area contributed by atoms with Crippen molar-refractivity contribution in [3.63, 3.8) is 0 Å². The zero-order valence-electron chi connectivity index (χ0n) is 14.7. The van der Waals surface area contributed by atoms with Gasteiger partial charge in [0.15, 0.2) is 0 Å². The predicted molar refractivity (Wildman–Crippen MR) is 97.3 cm³/mol. The molecule has 128 valence electrons. The summed E-state index contributed by atoms with van der Waals surface area (Å²) in [6.45, 7) is 9.02. The van der Waals surface area contributed by atoms with Gasteiger partial charge in [-0.2, -0.15) is 0 Å². The van der Waals surface area contributed by atoms with Gasteiger partial charge in [0.2, 0.25) is 0 Å². The minimum absolute atomic E-state index is 0.341. The van der Waals surface area contributed by atoms with Gasteiger partial charge in [0, 0.05) is 38.8 Å². The molecule has 1 unspecified atom stereocenters. The van der Waals surface area contributed by atoms with Crippen molar-refractivity contribution in [3.05, 3.63) is 28.3 Å². The van der Waals surface area contributed by atoms with Gasteiger partial charge >= 0.3 is 0 Å². The SMILES string of the molecule is COCCCOc1cc2c(cc1Cl)C=NCC2CCC(C)(C)C. The lowest BCUT2D eigenvalue weighted by molar-refractivity contribution is 0.172. The van der Waals surface area contributed by atoms with Crippen LogP contribution in [0.1, 0.15) is 57.1 Å². The molecule has 0 aromatic heterocycles. The molecule has 0 saturated carbocycles. The van der Waals surface area contributed by atoms with Crippen LogP contribution in [0.2, 0.25) is 5.02 Å². The molecule has 4 heteroatoms. The molecule has 3 nitrogen and oxygen atoms in total. The van der Waals surface area contributed by atoms with E-state index in [1.165, 1.54) is 12.0 Å². The fourth-order valence-corrected chi connectivity index (χ4v) is 3.00. The third-order valence-electron chi connectivity index (χ3n) is 4.13. The van der Waals surface area contributed by atoms with Gasteiger partial charge in [0.1, 0.15) is 5.75 Å². The first kappa shape index (κ1) is 18.3. The monoisotopic (exact) mass is 337 g/mol. The average molecular weight is 338 g/mol. The maximum Gasteiger partial charge on any atom is 0.138 e. The van der Waals surface area contributed by atoms with Crippen LogP contribution in [-0.4, -0.2) is 33.1 Å². The number of aliphatic imine (C=N–C) groups is 1. The first-order chi connectivity index (χ1) is 10.9. The highest BCUT2D eigenvalue weighted by Gasteiger charge is 2.22. The van der Waals surface area contributed by atoms with E-state index in [9.17, 15) is 0 Å². The number of hydrogen-bond donors (Lipinski definition) is 0. The first-order valence-electron chi connectivity index (χ1n) is 8.36. The molecule has 1 heterocycles. The summed E-state index contributed by atoms with van der Waals surface area (Å²) >= 11 is 6.35. The Kier molecular flexibility index (Phi) is 6.49. The van der Waals surface area contributed by atoms with E-state index in [1.807, 2.05) is 12.3 Å². The lowest BCUT2D eigenvalue weighted by Gasteiger charge is -2.26. The Balaban J connectivity index is 2.11. The highest BCUT2D eigenvalue weighted by molar-refractivity contribution is 6.32. The summed E-state index contributed by atoms with van der Waals surface area (Å²) in [5.74, 6) is 1.23. The second-order valence-corrected chi connectivity index (χ2v) is 7.80. The van der Waals surface area contributed by atoms with Crippen LogP contribution in [0.15, 0.2) is 17.1 Å². The molecule has 0 saturated heterocycles. The second kappa shape index (κ2) is 8.16. The number of hydrogen-bond acceptors (Lipinski definition) is 3. The summed E-state index contributed by atoms with van der Waals surface area (Å²) < 4.78 is 10.9. The summed E-state index contributed by atoms with van der Waals surface area (Å²) in [5, 5.41) is 0.657. The minimum atomic E-state index is 0.341. The summed E-state index contributed by atoms with van der Waals surface area (Å²) in [7, 11) is 1.70. The van der Waals surface area contributed by atoms with E-state index in [2.05, 4.69) is 31.8 Å². The fraction of sp³-hybridized carbons (Fsp3) is 0.632. The molecule has 1 atom stereocenters. The Morgan fingerprint density at radius 3 is 2.74 bits per heavy atom.